The fourth-order valence-corrected chi connectivity index (χ4v) is 0.896. The van der Waals surface area contributed by atoms with Gasteiger partial charge in [0.15, 0.2) is 0 Å². The number of nitrogens with two attached hydrogens (primary N) is 1. The van der Waals surface area contributed by atoms with Gasteiger partial charge in [-0.25, -0.2) is 0 Å². The first-order chi connectivity index (χ1) is 5.61. The molecule has 1 atom stereocenters. The van der Waals surface area contributed by atoms with Crippen LogP contribution in [-0.4, -0.2) is 4.92 Å². The van der Waals surface area contributed by atoms with Crippen LogP contribution in [0.15, 0.2) is 24.3 Å². The van der Waals surface area contributed by atoms with Crippen LogP contribution < -0.4 is 5.73 Å². The predicted octanol–water partition coefficient (Wildman–Crippen LogP) is 1.61. The van der Waals surface area contributed by atoms with Gasteiger partial charge in [-0.1, -0.05) is 12.1 Å². The number of nitro groups is 1. The summed E-state index contributed by atoms with van der Waals surface area (Å²) in [6.45, 7) is 1.55. The fourth-order valence-electron chi connectivity index (χ4n) is 0.896. The molecular formula is C8H10N2O2. The van der Waals surface area contributed by atoms with Crippen molar-refractivity contribution in [1.82, 2.24) is 0 Å². The first kappa shape index (κ1) is 8.52. The molecule has 4 nitrogen and oxygen atoms in total. The average Bonchev–Trinajstić information content (AvgIpc) is 2.04. The van der Waals surface area contributed by atoms with Crippen LogP contribution in [0, 0.1) is 10.1 Å². The quantitative estimate of drug-likeness (QED) is 0.412. The average molecular weight is 166 g/mol. The summed E-state index contributed by atoms with van der Waals surface area (Å²) in [4.78, 5) is 10.0. The van der Waals surface area contributed by atoms with Gasteiger partial charge in [0, 0.05) is 23.1 Å². The van der Waals surface area contributed by atoms with Crippen LogP contribution in [-0.2, 0) is 0 Å². The molecule has 0 aromatic heterocycles. The first-order valence-corrected chi connectivity index (χ1v) is 3.60. The number of nitrogens with zero attached hydrogens (tertiary/aromatic N) is 1. The Labute approximate surface area is 70.2 Å². The summed E-state index contributed by atoms with van der Waals surface area (Å²) in [5.41, 5.74) is 6.73. The van der Waals surface area contributed by atoms with E-state index in [1.807, 2.05) is 0 Å². The molecule has 0 aliphatic heterocycles. The molecule has 0 heterocycles. The highest BCUT2D eigenvalue weighted by Gasteiger charge is 2.14. The Morgan fingerprint density at radius 3 is 2.33 bits per heavy atom. The highest BCUT2D eigenvalue weighted by Crippen LogP contribution is 2.16. The molecular weight excluding hydrogens is 156 g/mol. The number of anilines is 1. The van der Waals surface area contributed by atoms with Gasteiger partial charge in [0.2, 0.25) is 6.04 Å². The Bertz CT molecular complexity index is 282. The van der Waals surface area contributed by atoms with Crippen LogP contribution >= 0.6 is 0 Å². The molecule has 0 saturated carbocycles. The van der Waals surface area contributed by atoms with E-state index in [1.165, 1.54) is 0 Å². The maximum Gasteiger partial charge on any atom is 0.235 e. The lowest BCUT2D eigenvalue weighted by Gasteiger charge is -2.03. The normalized spacial score (nSPS) is 12.4. The maximum atomic E-state index is 10.4. The van der Waals surface area contributed by atoms with Crippen molar-refractivity contribution in [2.45, 2.75) is 13.0 Å². The molecule has 0 amide bonds. The van der Waals surface area contributed by atoms with Gasteiger partial charge >= 0.3 is 0 Å². The third-order valence-corrected chi connectivity index (χ3v) is 1.74. The molecule has 64 valence electrons. The first-order valence-electron chi connectivity index (χ1n) is 3.60. The number of nitrogen functional groups attached to an aromatic ring is 1. The largest absolute Gasteiger partial charge is 0.399 e. The lowest BCUT2D eigenvalue weighted by atomic mass is 10.1. The topological polar surface area (TPSA) is 69.2 Å². The van der Waals surface area contributed by atoms with Gasteiger partial charge in [-0.3, -0.25) is 10.1 Å². The number of hydrogen-bond donors (Lipinski definition) is 1. The second-order valence-corrected chi connectivity index (χ2v) is 2.63. The highest BCUT2D eigenvalue weighted by atomic mass is 16.6. The number of hydrogen-bond acceptors (Lipinski definition) is 3. The fraction of sp³-hybridized carbons (Fsp3) is 0.250. The Morgan fingerprint density at radius 2 is 1.92 bits per heavy atom. The van der Waals surface area contributed by atoms with Crippen molar-refractivity contribution in [2.24, 2.45) is 0 Å². The molecule has 0 radical (unpaired) electrons. The summed E-state index contributed by atoms with van der Waals surface area (Å²) in [7, 11) is 0. The molecule has 1 rings (SSSR count). The molecule has 12 heavy (non-hydrogen) atoms. The molecule has 0 bridgehead atoms. The molecule has 0 fully saturated rings. The second kappa shape index (κ2) is 3.21. The van der Waals surface area contributed by atoms with E-state index in [0.29, 0.717) is 11.3 Å². The molecule has 2 N–H and O–H groups in total. The standard InChI is InChI=1S/C8H10N2O2/c1-6(10(11)12)7-2-4-8(9)5-3-7/h2-6H,9H2,1H3. The molecule has 0 spiro atoms. The van der Waals surface area contributed by atoms with Gasteiger partial charge in [0.05, 0.1) is 0 Å². The van der Waals surface area contributed by atoms with Crippen LogP contribution in [0.1, 0.15) is 18.5 Å². The SMILES string of the molecule is CC(c1ccc(N)cc1)[N+](=O)[O-]. The molecule has 0 aliphatic rings. The van der Waals surface area contributed by atoms with Crippen molar-refractivity contribution >= 4 is 5.69 Å². The van der Waals surface area contributed by atoms with Gasteiger partial charge < -0.3 is 5.73 Å². The van der Waals surface area contributed by atoms with Crippen molar-refractivity contribution in [3.8, 4) is 0 Å². The summed E-state index contributed by atoms with van der Waals surface area (Å²) >= 11 is 0. The van der Waals surface area contributed by atoms with Gasteiger partial charge in [0.25, 0.3) is 0 Å². The minimum atomic E-state index is -0.661. The zero-order chi connectivity index (χ0) is 9.14. The van der Waals surface area contributed by atoms with Crippen molar-refractivity contribution in [3.63, 3.8) is 0 Å². The van der Waals surface area contributed by atoms with E-state index in [1.54, 1.807) is 31.2 Å². The molecule has 4 heteroatoms. The van der Waals surface area contributed by atoms with Crippen LogP contribution in [0.2, 0.25) is 0 Å². The third-order valence-electron chi connectivity index (χ3n) is 1.74. The van der Waals surface area contributed by atoms with Crippen molar-refractivity contribution in [2.75, 3.05) is 5.73 Å². The van der Waals surface area contributed by atoms with E-state index in [-0.39, 0.29) is 4.92 Å². The smallest absolute Gasteiger partial charge is 0.235 e. The Balaban J connectivity index is 2.89. The van der Waals surface area contributed by atoms with E-state index >= 15 is 0 Å². The summed E-state index contributed by atoms with van der Waals surface area (Å²) in [5.74, 6) is 0. The molecule has 1 aromatic rings. The summed E-state index contributed by atoms with van der Waals surface area (Å²) < 4.78 is 0. The van der Waals surface area contributed by atoms with Crippen LogP contribution in [0.4, 0.5) is 5.69 Å². The minimum absolute atomic E-state index is 0.328. The Hall–Kier alpha value is -1.58. The van der Waals surface area contributed by atoms with E-state index in [9.17, 15) is 10.1 Å². The van der Waals surface area contributed by atoms with Gasteiger partial charge in [0.1, 0.15) is 0 Å². The van der Waals surface area contributed by atoms with Gasteiger partial charge in [-0.2, -0.15) is 0 Å². The zero-order valence-electron chi connectivity index (χ0n) is 6.73. The molecule has 0 aliphatic carbocycles. The van der Waals surface area contributed by atoms with Crippen LogP contribution in [0.25, 0.3) is 0 Å². The summed E-state index contributed by atoms with van der Waals surface area (Å²) in [5, 5.41) is 10.4. The summed E-state index contributed by atoms with van der Waals surface area (Å²) in [6, 6.07) is 6.00. The lowest BCUT2D eigenvalue weighted by Crippen LogP contribution is -2.05. The molecule has 1 aromatic carbocycles. The van der Waals surface area contributed by atoms with Crippen LogP contribution in [0.5, 0.6) is 0 Å². The van der Waals surface area contributed by atoms with Crippen molar-refractivity contribution in [3.05, 3.63) is 39.9 Å². The summed E-state index contributed by atoms with van der Waals surface area (Å²) in [6.07, 6.45) is 0. The second-order valence-electron chi connectivity index (χ2n) is 2.63. The van der Waals surface area contributed by atoms with E-state index in [2.05, 4.69) is 0 Å². The van der Waals surface area contributed by atoms with E-state index in [0.717, 1.165) is 0 Å². The van der Waals surface area contributed by atoms with Crippen molar-refractivity contribution in [1.29, 1.82) is 0 Å². The monoisotopic (exact) mass is 166 g/mol. The van der Waals surface area contributed by atoms with Gasteiger partial charge in [-0.05, 0) is 12.1 Å². The van der Waals surface area contributed by atoms with Gasteiger partial charge in [-0.15, -0.1) is 0 Å². The van der Waals surface area contributed by atoms with Crippen molar-refractivity contribution < 1.29 is 4.92 Å². The zero-order valence-corrected chi connectivity index (χ0v) is 6.73. The molecule has 1 unspecified atom stereocenters. The van der Waals surface area contributed by atoms with E-state index < -0.39 is 6.04 Å². The lowest BCUT2D eigenvalue weighted by molar-refractivity contribution is -0.524. The predicted molar refractivity (Wildman–Crippen MR) is 46.3 cm³/mol. The third kappa shape index (κ3) is 1.72. The highest BCUT2D eigenvalue weighted by molar-refractivity contribution is 5.39. The maximum absolute atomic E-state index is 10.4. The van der Waals surface area contributed by atoms with Crippen LogP contribution in [0.3, 0.4) is 0 Å². The minimum Gasteiger partial charge on any atom is -0.399 e. The Morgan fingerprint density at radius 1 is 1.42 bits per heavy atom. The number of rotatable bonds is 2. The molecule has 0 saturated heterocycles. The van der Waals surface area contributed by atoms with E-state index in [4.69, 9.17) is 5.73 Å². The Kier molecular flexibility index (Phi) is 2.28. The number of benzene rings is 1.